The number of benzene rings is 2. The highest BCUT2D eigenvalue weighted by molar-refractivity contribution is 5.63. The highest BCUT2D eigenvalue weighted by atomic mass is 19.2. The maximum atomic E-state index is 13.7. The topological polar surface area (TPSA) is 72.4 Å². The molecular weight excluding hydrogens is 459 g/mol. The molecule has 0 radical (unpaired) electrons. The molecule has 0 atom stereocenters. The van der Waals surface area contributed by atoms with E-state index in [2.05, 4.69) is 56.4 Å². The third-order valence-electron chi connectivity index (χ3n) is 6.21. The van der Waals surface area contributed by atoms with Gasteiger partial charge in [-0.3, -0.25) is 0 Å². The summed E-state index contributed by atoms with van der Waals surface area (Å²) in [5, 5.41) is 8.86. The number of aromatic nitrogens is 4. The molecule has 0 N–H and O–H groups in total. The summed E-state index contributed by atoms with van der Waals surface area (Å²) in [7, 11) is 2.16. The second-order valence-corrected chi connectivity index (χ2v) is 9.67. The van der Waals surface area contributed by atoms with Gasteiger partial charge in [-0.25, -0.2) is 9.67 Å². The van der Waals surface area contributed by atoms with Gasteiger partial charge in [0.25, 0.3) is 0 Å². The summed E-state index contributed by atoms with van der Waals surface area (Å²) >= 11 is 0. The lowest BCUT2D eigenvalue weighted by Crippen LogP contribution is -2.44. The van der Waals surface area contributed by atoms with E-state index in [0.29, 0.717) is 29.6 Å². The van der Waals surface area contributed by atoms with Crippen LogP contribution in [0.5, 0.6) is 5.75 Å². The minimum Gasteiger partial charge on any atom is -0.459 e. The number of anilines is 1. The molecule has 5 rings (SSSR count). The third kappa shape index (κ3) is 5.57. The molecule has 36 heavy (non-hydrogen) atoms. The van der Waals surface area contributed by atoms with Gasteiger partial charge in [-0.05, 0) is 55.9 Å². The van der Waals surface area contributed by atoms with E-state index in [1.54, 1.807) is 24.3 Å². The number of rotatable bonds is 7. The van der Waals surface area contributed by atoms with E-state index in [-0.39, 0.29) is 0 Å². The zero-order valence-corrected chi connectivity index (χ0v) is 21.1. The summed E-state index contributed by atoms with van der Waals surface area (Å²) in [5.74, 6) is 0.588. The lowest BCUT2D eigenvalue weighted by atomic mass is 10.1. The second-order valence-electron chi connectivity index (χ2n) is 9.67. The first-order valence-corrected chi connectivity index (χ1v) is 12.1. The quantitative estimate of drug-likeness (QED) is 0.369. The average Bonchev–Trinajstić information content (AvgIpc) is 3.47. The SMILES string of the molecule is Cc1nc(-c2cc(-c3ccc(OC(C)(C)F)cc3)on2)nn1Cc1cccc(N2CCN(C)CC2)c1. The third-order valence-corrected chi connectivity index (χ3v) is 6.21. The van der Waals surface area contributed by atoms with Crippen molar-refractivity contribution >= 4 is 5.69 Å². The molecule has 1 aliphatic rings. The van der Waals surface area contributed by atoms with Crippen molar-refractivity contribution in [2.24, 2.45) is 0 Å². The van der Waals surface area contributed by atoms with Crippen LogP contribution in [-0.2, 0) is 6.54 Å². The molecule has 1 fully saturated rings. The van der Waals surface area contributed by atoms with Crippen LogP contribution in [0.25, 0.3) is 22.8 Å². The van der Waals surface area contributed by atoms with Crippen LogP contribution in [0, 0.1) is 6.92 Å². The molecular formula is C27H31FN6O2. The van der Waals surface area contributed by atoms with Crippen molar-refractivity contribution in [1.82, 2.24) is 24.8 Å². The van der Waals surface area contributed by atoms with Gasteiger partial charge in [0.1, 0.15) is 11.6 Å². The molecule has 0 unspecified atom stereocenters. The van der Waals surface area contributed by atoms with Gasteiger partial charge in [-0.1, -0.05) is 17.3 Å². The first kappa shape index (κ1) is 24.0. The molecule has 8 nitrogen and oxygen atoms in total. The molecule has 4 aromatic rings. The number of alkyl halides is 1. The van der Waals surface area contributed by atoms with Gasteiger partial charge >= 0.3 is 0 Å². The second kappa shape index (κ2) is 9.73. The fourth-order valence-electron chi connectivity index (χ4n) is 4.25. The van der Waals surface area contributed by atoms with Gasteiger partial charge in [0.2, 0.25) is 11.7 Å². The minimum atomic E-state index is -1.74. The summed E-state index contributed by atoms with van der Waals surface area (Å²) in [6.07, 6.45) is 0. The smallest absolute Gasteiger partial charge is 0.242 e. The molecule has 0 spiro atoms. The molecule has 0 saturated carbocycles. The van der Waals surface area contributed by atoms with Gasteiger partial charge in [-0.15, -0.1) is 5.10 Å². The van der Waals surface area contributed by atoms with E-state index in [9.17, 15) is 4.39 Å². The Hall–Kier alpha value is -3.72. The first-order chi connectivity index (χ1) is 17.2. The number of ether oxygens (including phenoxy) is 1. The van der Waals surface area contributed by atoms with Crippen molar-refractivity contribution in [3.05, 3.63) is 66.0 Å². The summed E-state index contributed by atoms with van der Waals surface area (Å²) in [5.41, 5.74) is 3.77. The molecule has 2 aromatic carbocycles. The van der Waals surface area contributed by atoms with Crippen LogP contribution >= 0.6 is 0 Å². The van der Waals surface area contributed by atoms with E-state index in [1.165, 1.54) is 25.1 Å². The predicted octanol–water partition coefficient (Wildman–Crippen LogP) is 4.79. The van der Waals surface area contributed by atoms with Crippen LogP contribution in [0.15, 0.2) is 59.1 Å². The van der Waals surface area contributed by atoms with E-state index >= 15 is 0 Å². The Morgan fingerprint density at radius 1 is 1.03 bits per heavy atom. The minimum absolute atomic E-state index is 0.443. The first-order valence-electron chi connectivity index (χ1n) is 12.1. The van der Waals surface area contributed by atoms with Crippen LogP contribution in [-0.4, -0.2) is 63.9 Å². The largest absolute Gasteiger partial charge is 0.459 e. The normalized spacial score (nSPS) is 14.9. The number of nitrogens with zero attached hydrogens (tertiary/aromatic N) is 6. The van der Waals surface area contributed by atoms with Gasteiger partial charge in [0.05, 0.1) is 6.54 Å². The Kier molecular flexibility index (Phi) is 6.49. The van der Waals surface area contributed by atoms with Crippen LogP contribution < -0.4 is 9.64 Å². The number of likely N-dealkylation sites (N-methyl/N-ethyl adjacent to an activating group) is 1. The number of piperazine rings is 1. The van der Waals surface area contributed by atoms with Gasteiger partial charge < -0.3 is 19.1 Å². The highest BCUT2D eigenvalue weighted by Gasteiger charge is 2.19. The molecule has 3 heterocycles. The standard InChI is InChI=1S/C27H31FN6O2/c1-19-29-26(24-17-25(36-31-24)21-8-10-23(11-9-21)35-27(2,3)28)30-34(19)18-20-6-5-7-22(16-20)33-14-12-32(4)13-15-33/h5-11,16-17H,12-15,18H2,1-4H3. The van der Waals surface area contributed by atoms with E-state index < -0.39 is 5.85 Å². The van der Waals surface area contributed by atoms with Gasteiger partial charge in [-0.2, -0.15) is 4.39 Å². The highest BCUT2D eigenvalue weighted by Crippen LogP contribution is 2.28. The van der Waals surface area contributed by atoms with Crippen molar-refractivity contribution in [1.29, 1.82) is 0 Å². The Morgan fingerprint density at radius 3 is 2.50 bits per heavy atom. The molecule has 0 bridgehead atoms. The van der Waals surface area contributed by atoms with Crippen molar-refractivity contribution in [3.8, 4) is 28.6 Å². The van der Waals surface area contributed by atoms with Crippen LogP contribution in [0.3, 0.4) is 0 Å². The molecule has 188 valence electrons. The fourth-order valence-corrected chi connectivity index (χ4v) is 4.25. The zero-order valence-electron chi connectivity index (χ0n) is 21.1. The Balaban J connectivity index is 1.29. The van der Waals surface area contributed by atoms with E-state index in [0.717, 1.165) is 37.6 Å². The van der Waals surface area contributed by atoms with Crippen molar-refractivity contribution < 1.29 is 13.7 Å². The molecule has 1 saturated heterocycles. The van der Waals surface area contributed by atoms with Crippen molar-refractivity contribution in [2.75, 3.05) is 38.1 Å². The number of aryl methyl sites for hydroxylation is 1. The maximum absolute atomic E-state index is 13.7. The lowest BCUT2D eigenvalue weighted by molar-refractivity contribution is -0.0256. The summed E-state index contributed by atoms with van der Waals surface area (Å²) < 4.78 is 26.4. The molecule has 0 aliphatic carbocycles. The van der Waals surface area contributed by atoms with E-state index in [4.69, 9.17) is 9.26 Å². The Labute approximate surface area is 210 Å². The lowest BCUT2D eigenvalue weighted by Gasteiger charge is -2.34. The Morgan fingerprint density at radius 2 is 1.78 bits per heavy atom. The van der Waals surface area contributed by atoms with Crippen molar-refractivity contribution in [3.63, 3.8) is 0 Å². The monoisotopic (exact) mass is 490 g/mol. The predicted molar refractivity (Wildman–Crippen MR) is 137 cm³/mol. The Bertz CT molecular complexity index is 1320. The van der Waals surface area contributed by atoms with Gasteiger partial charge in [0.15, 0.2) is 11.5 Å². The molecule has 9 heteroatoms. The summed E-state index contributed by atoms with van der Waals surface area (Å²) in [4.78, 5) is 9.39. The molecule has 0 amide bonds. The summed E-state index contributed by atoms with van der Waals surface area (Å²) in [6.45, 7) is 9.50. The van der Waals surface area contributed by atoms with Gasteiger partial charge in [0, 0.05) is 57.3 Å². The molecule has 2 aromatic heterocycles. The average molecular weight is 491 g/mol. The number of halogens is 1. The van der Waals surface area contributed by atoms with Crippen LogP contribution in [0.4, 0.5) is 10.1 Å². The number of hydrogen-bond acceptors (Lipinski definition) is 7. The van der Waals surface area contributed by atoms with E-state index in [1.807, 2.05) is 17.7 Å². The zero-order chi connectivity index (χ0) is 25.3. The molecule has 1 aliphatic heterocycles. The van der Waals surface area contributed by atoms with Crippen LogP contribution in [0.2, 0.25) is 0 Å². The summed E-state index contributed by atoms with van der Waals surface area (Å²) in [6, 6.07) is 17.4. The maximum Gasteiger partial charge on any atom is 0.242 e. The number of hydrogen-bond donors (Lipinski definition) is 0. The fraction of sp³-hybridized carbons (Fsp3) is 0.370. The van der Waals surface area contributed by atoms with Crippen molar-refractivity contribution in [2.45, 2.75) is 33.2 Å². The van der Waals surface area contributed by atoms with Crippen LogP contribution in [0.1, 0.15) is 25.2 Å².